The van der Waals surface area contributed by atoms with Crippen LogP contribution in [0.4, 0.5) is 0 Å². The van der Waals surface area contributed by atoms with Crippen LogP contribution >= 0.6 is 0 Å². The number of aromatic nitrogens is 4. The fraction of sp³-hybridized carbons (Fsp3) is 0.308. The molecule has 0 aliphatic rings. The molecule has 0 bridgehead atoms. The van der Waals surface area contributed by atoms with Crippen molar-refractivity contribution < 1.29 is 9.98 Å². The highest BCUT2D eigenvalue weighted by molar-refractivity contribution is 5.57. The Labute approximate surface area is 189 Å². The van der Waals surface area contributed by atoms with Crippen molar-refractivity contribution in [3.8, 4) is 22.8 Å². The Hall–Kier alpha value is -3.54. The molecule has 4 aromatic rings. The topological polar surface area (TPSA) is 54.1 Å². The molecule has 2 aromatic heterocycles. The van der Waals surface area contributed by atoms with E-state index in [1.807, 2.05) is 60.7 Å². The zero-order valence-electron chi connectivity index (χ0n) is 19.5. The second-order valence-corrected chi connectivity index (χ2v) is 9.88. The monoisotopic (exact) mass is 430 g/mol. The van der Waals surface area contributed by atoms with Crippen molar-refractivity contribution in [2.75, 3.05) is 0 Å². The average molecular weight is 431 g/mol. The molecule has 166 valence electrons. The molecule has 4 rings (SSSR count). The van der Waals surface area contributed by atoms with Crippen molar-refractivity contribution >= 4 is 0 Å². The van der Waals surface area contributed by atoms with Gasteiger partial charge in [-0.3, -0.25) is 0 Å². The lowest BCUT2D eigenvalue weighted by atomic mass is 9.82. The third kappa shape index (κ3) is 4.26. The van der Waals surface area contributed by atoms with Crippen LogP contribution in [0, 0.1) is 0 Å². The summed E-state index contributed by atoms with van der Waals surface area (Å²) in [5.41, 5.74) is 3.41. The van der Waals surface area contributed by atoms with Crippen molar-refractivity contribution in [3.63, 3.8) is 0 Å². The van der Waals surface area contributed by atoms with Gasteiger partial charge in [-0.25, -0.2) is 9.97 Å². The van der Waals surface area contributed by atoms with Gasteiger partial charge in [-0.05, 0) is 0 Å². The molecular weight excluding hydrogens is 400 g/mol. The van der Waals surface area contributed by atoms with Gasteiger partial charge in [0.1, 0.15) is 0 Å². The maximum absolute atomic E-state index is 6.01. The third-order valence-corrected chi connectivity index (χ3v) is 5.12. The van der Waals surface area contributed by atoms with E-state index < -0.39 is 0 Å². The molecule has 0 atom stereocenters. The zero-order valence-corrected chi connectivity index (χ0v) is 19.5. The Bertz CT molecular complexity index is 1180. The van der Waals surface area contributed by atoms with Crippen LogP contribution in [0.15, 0.2) is 73.1 Å². The van der Waals surface area contributed by atoms with E-state index in [0.717, 1.165) is 22.5 Å². The van der Waals surface area contributed by atoms with Gasteiger partial charge in [0.05, 0.1) is 17.6 Å². The zero-order chi connectivity index (χ0) is 22.9. The van der Waals surface area contributed by atoms with Crippen LogP contribution in [0.1, 0.15) is 52.9 Å². The van der Waals surface area contributed by atoms with E-state index >= 15 is 0 Å². The smallest absolute Gasteiger partial charge is 0.180 e. The number of imidazole rings is 2. The lowest BCUT2D eigenvalue weighted by Gasteiger charge is -2.26. The molecule has 0 amide bonds. The van der Waals surface area contributed by atoms with Crippen molar-refractivity contribution in [2.24, 2.45) is 0 Å². The summed E-state index contributed by atoms with van der Waals surface area (Å²) in [5.74, 6) is 1.35. The SMILES string of the molecule is CC(C)(C)c1nc(-c2ccccc2)n(OOn2ccnc2-c2ccccc2)c1C(C)(C)C. The average Bonchev–Trinajstić information content (AvgIpc) is 3.38. The summed E-state index contributed by atoms with van der Waals surface area (Å²) in [6.07, 6.45) is 3.41. The fourth-order valence-electron chi connectivity index (χ4n) is 3.64. The fourth-order valence-corrected chi connectivity index (χ4v) is 3.64. The minimum atomic E-state index is -0.233. The normalized spacial score (nSPS) is 12.1. The highest BCUT2D eigenvalue weighted by Crippen LogP contribution is 2.36. The second-order valence-electron chi connectivity index (χ2n) is 9.88. The Morgan fingerprint density at radius 3 is 1.78 bits per heavy atom. The van der Waals surface area contributed by atoms with Gasteiger partial charge in [0.25, 0.3) is 0 Å². The summed E-state index contributed by atoms with van der Waals surface area (Å²) in [5, 5.41) is 0. The molecule has 0 saturated carbocycles. The number of benzene rings is 2. The van der Waals surface area contributed by atoms with Crippen LogP contribution in [0.3, 0.4) is 0 Å². The molecule has 32 heavy (non-hydrogen) atoms. The van der Waals surface area contributed by atoms with Crippen LogP contribution in [0.25, 0.3) is 22.8 Å². The number of hydrogen-bond acceptors (Lipinski definition) is 4. The Kier molecular flexibility index (Phi) is 5.55. The lowest BCUT2D eigenvalue weighted by molar-refractivity contribution is -0.291. The summed E-state index contributed by atoms with van der Waals surface area (Å²) in [4.78, 5) is 21.3. The number of hydrogen-bond donors (Lipinski definition) is 0. The first-order chi connectivity index (χ1) is 15.2. The van der Waals surface area contributed by atoms with Crippen LogP contribution in [-0.2, 0) is 10.8 Å². The summed E-state index contributed by atoms with van der Waals surface area (Å²) < 4.78 is 3.23. The van der Waals surface area contributed by atoms with E-state index in [4.69, 9.17) is 15.0 Å². The lowest BCUT2D eigenvalue weighted by Crippen LogP contribution is -2.31. The molecule has 0 saturated heterocycles. The van der Waals surface area contributed by atoms with Crippen LogP contribution in [0.2, 0.25) is 0 Å². The highest BCUT2D eigenvalue weighted by atomic mass is 17.3. The Balaban J connectivity index is 1.80. The van der Waals surface area contributed by atoms with Gasteiger partial charge in [0, 0.05) is 28.2 Å². The molecule has 0 fully saturated rings. The maximum atomic E-state index is 6.01. The molecule has 2 aromatic carbocycles. The first kappa shape index (κ1) is 21.7. The van der Waals surface area contributed by atoms with Crippen LogP contribution in [-0.4, -0.2) is 19.4 Å². The van der Waals surface area contributed by atoms with Gasteiger partial charge in [-0.2, -0.15) is 9.98 Å². The van der Waals surface area contributed by atoms with Gasteiger partial charge < -0.3 is 0 Å². The van der Waals surface area contributed by atoms with Crippen molar-refractivity contribution in [3.05, 3.63) is 84.4 Å². The van der Waals surface area contributed by atoms with E-state index in [1.165, 1.54) is 4.73 Å². The first-order valence-electron chi connectivity index (χ1n) is 10.8. The molecule has 0 unspecified atom stereocenters. The summed E-state index contributed by atoms with van der Waals surface area (Å²) in [7, 11) is 0. The predicted molar refractivity (Wildman–Crippen MR) is 126 cm³/mol. The molecule has 0 aliphatic heterocycles. The summed E-state index contributed by atoms with van der Waals surface area (Å²) >= 11 is 0. The van der Waals surface area contributed by atoms with Crippen LogP contribution < -0.4 is 9.98 Å². The molecule has 6 nitrogen and oxygen atoms in total. The molecule has 0 spiro atoms. The first-order valence-corrected chi connectivity index (χ1v) is 10.8. The van der Waals surface area contributed by atoms with Gasteiger partial charge >= 0.3 is 0 Å². The predicted octanol–water partition coefficient (Wildman–Crippen LogP) is 5.48. The van der Waals surface area contributed by atoms with Gasteiger partial charge in [-0.1, -0.05) is 102 Å². The quantitative estimate of drug-likeness (QED) is 0.311. The van der Waals surface area contributed by atoms with E-state index in [1.54, 1.807) is 17.1 Å². The van der Waals surface area contributed by atoms with Crippen molar-refractivity contribution in [1.29, 1.82) is 0 Å². The molecule has 2 heterocycles. The van der Waals surface area contributed by atoms with E-state index in [9.17, 15) is 0 Å². The van der Waals surface area contributed by atoms with Gasteiger partial charge in [0.2, 0.25) is 0 Å². The van der Waals surface area contributed by atoms with E-state index in [0.29, 0.717) is 11.6 Å². The van der Waals surface area contributed by atoms with E-state index in [-0.39, 0.29) is 10.8 Å². The standard InChI is InChI=1S/C26H30N4O2/c1-25(2,3)21-22(26(4,5)6)30(24(28-21)20-15-11-8-12-16-20)32-31-29-18-17-27-23(29)19-13-9-7-10-14-19/h7-18H,1-6H3. The highest BCUT2D eigenvalue weighted by Gasteiger charge is 2.35. The van der Waals surface area contributed by atoms with Crippen LogP contribution in [0.5, 0.6) is 0 Å². The van der Waals surface area contributed by atoms with Crippen molar-refractivity contribution in [2.45, 2.75) is 52.4 Å². The third-order valence-electron chi connectivity index (χ3n) is 5.12. The molecular formula is C26H30N4O2. The number of nitrogens with zero attached hydrogens (tertiary/aromatic N) is 4. The molecule has 0 radical (unpaired) electrons. The van der Waals surface area contributed by atoms with Crippen molar-refractivity contribution in [1.82, 2.24) is 19.4 Å². The Morgan fingerprint density at radius 2 is 1.25 bits per heavy atom. The van der Waals surface area contributed by atoms with Gasteiger partial charge in [-0.15, -0.1) is 9.46 Å². The maximum Gasteiger partial charge on any atom is 0.180 e. The largest absolute Gasteiger partial charge is 0.234 e. The summed E-state index contributed by atoms with van der Waals surface area (Å²) in [6.45, 7) is 12.9. The molecule has 0 N–H and O–H groups in total. The molecule has 0 aliphatic carbocycles. The minimum absolute atomic E-state index is 0.176. The van der Waals surface area contributed by atoms with E-state index in [2.05, 4.69) is 46.5 Å². The van der Waals surface area contributed by atoms with Gasteiger partial charge in [0.15, 0.2) is 11.6 Å². The second kappa shape index (κ2) is 8.19. The number of rotatable bonds is 5. The summed E-state index contributed by atoms with van der Waals surface area (Å²) in [6, 6.07) is 19.9. The minimum Gasteiger partial charge on any atom is -0.234 e. The Morgan fingerprint density at radius 1 is 0.688 bits per heavy atom. The molecule has 6 heteroatoms.